The average molecular weight is 433 g/mol. The summed E-state index contributed by atoms with van der Waals surface area (Å²) in [5.74, 6) is -2.00. The number of ketones is 2. The van der Waals surface area contributed by atoms with Crippen molar-refractivity contribution in [2.45, 2.75) is 72.5 Å². The number of carbonyl (C=O) groups excluding carboxylic acids is 4. The highest BCUT2D eigenvalue weighted by molar-refractivity contribution is 5.99. The van der Waals surface area contributed by atoms with E-state index in [0.29, 0.717) is 31.3 Å². The molecule has 0 saturated heterocycles. The maximum Gasteiger partial charge on any atom is 0.419 e. The highest BCUT2D eigenvalue weighted by Gasteiger charge is 2.33. The number of imidazole rings is 1. The van der Waals surface area contributed by atoms with Gasteiger partial charge in [0.1, 0.15) is 24.1 Å². The highest BCUT2D eigenvalue weighted by Crippen LogP contribution is 2.24. The van der Waals surface area contributed by atoms with Gasteiger partial charge in [0.2, 0.25) is 0 Å². The molecule has 0 unspecified atom stereocenters. The van der Waals surface area contributed by atoms with Crippen molar-refractivity contribution in [3.63, 3.8) is 0 Å². The zero-order valence-electron chi connectivity index (χ0n) is 18.9. The first kappa shape index (κ1) is 24.5. The van der Waals surface area contributed by atoms with E-state index in [0.717, 1.165) is 4.57 Å². The summed E-state index contributed by atoms with van der Waals surface area (Å²) in [6.45, 7) is 8.78. The molecule has 8 nitrogen and oxygen atoms in total. The molecule has 170 valence electrons. The van der Waals surface area contributed by atoms with Gasteiger partial charge in [-0.3, -0.25) is 14.4 Å². The molecular formula is C23H32N2O6. The predicted molar refractivity (Wildman–Crippen MR) is 113 cm³/mol. The second-order valence-corrected chi connectivity index (χ2v) is 8.38. The standard InChI is InChI=1S/C23H32N2O6/c1-6-19-20(31-23(29)25-10-9-24-13-25)12-15(3)18(26)8-7-14(2)11-16(4)21(27)17(5)22(28)30-19/h9-10,12-14,16-17,19-20H,6-8,11H2,1-5H3/b15-12+/t14-,16+,17+,19+,20-/m0/s1. The molecular weight excluding hydrogens is 400 g/mol. The molecule has 0 aromatic carbocycles. The number of esters is 1. The van der Waals surface area contributed by atoms with Crippen molar-refractivity contribution in [3.05, 3.63) is 30.4 Å². The van der Waals surface area contributed by atoms with Crippen LogP contribution in [0.4, 0.5) is 4.79 Å². The molecule has 1 aliphatic heterocycles. The number of Topliss-reactive ketones (excluding diaryl/α,β-unsaturated/α-hetero) is 2. The fraction of sp³-hybridized carbons (Fsp3) is 0.609. The third-order valence-electron chi connectivity index (χ3n) is 5.73. The van der Waals surface area contributed by atoms with Crippen LogP contribution in [0.5, 0.6) is 0 Å². The van der Waals surface area contributed by atoms with Crippen LogP contribution in [0, 0.1) is 17.8 Å². The van der Waals surface area contributed by atoms with Crippen molar-refractivity contribution in [2.75, 3.05) is 0 Å². The molecule has 0 spiro atoms. The molecule has 8 heteroatoms. The number of rotatable bonds is 2. The Hall–Kier alpha value is -2.77. The zero-order valence-corrected chi connectivity index (χ0v) is 18.9. The quantitative estimate of drug-likeness (QED) is 0.518. The van der Waals surface area contributed by atoms with Crippen molar-refractivity contribution in [3.8, 4) is 0 Å². The number of ether oxygens (including phenoxy) is 2. The first-order valence-electron chi connectivity index (χ1n) is 10.8. The molecule has 2 heterocycles. The van der Waals surface area contributed by atoms with Crippen LogP contribution < -0.4 is 0 Å². The van der Waals surface area contributed by atoms with Crippen molar-refractivity contribution < 1.29 is 28.7 Å². The summed E-state index contributed by atoms with van der Waals surface area (Å²) < 4.78 is 12.3. The van der Waals surface area contributed by atoms with Crippen LogP contribution in [0.15, 0.2) is 30.4 Å². The van der Waals surface area contributed by atoms with E-state index in [1.807, 2.05) is 6.92 Å². The van der Waals surface area contributed by atoms with Gasteiger partial charge in [0.25, 0.3) is 0 Å². The van der Waals surface area contributed by atoms with Gasteiger partial charge in [-0.25, -0.2) is 14.3 Å². The van der Waals surface area contributed by atoms with Gasteiger partial charge in [0.15, 0.2) is 11.9 Å². The molecule has 31 heavy (non-hydrogen) atoms. The van der Waals surface area contributed by atoms with E-state index in [9.17, 15) is 19.2 Å². The molecule has 0 N–H and O–H groups in total. The minimum Gasteiger partial charge on any atom is -0.458 e. The lowest BCUT2D eigenvalue weighted by Crippen LogP contribution is -2.38. The Kier molecular flexibility index (Phi) is 8.71. The Morgan fingerprint density at radius 3 is 2.58 bits per heavy atom. The minimum atomic E-state index is -0.979. The summed E-state index contributed by atoms with van der Waals surface area (Å²) in [6.07, 6.45) is 5.08. The summed E-state index contributed by atoms with van der Waals surface area (Å²) in [5, 5.41) is 0. The number of nitrogens with zero attached hydrogens (tertiary/aromatic N) is 2. The number of carbonyl (C=O) groups is 4. The summed E-state index contributed by atoms with van der Waals surface area (Å²) in [7, 11) is 0. The number of hydrogen-bond acceptors (Lipinski definition) is 7. The molecule has 0 saturated carbocycles. The minimum absolute atomic E-state index is 0.0684. The van der Waals surface area contributed by atoms with E-state index in [1.165, 1.54) is 24.8 Å². The van der Waals surface area contributed by atoms with E-state index < -0.39 is 30.2 Å². The van der Waals surface area contributed by atoms with Gasteiger partial charge in [-0.15, -0.1) is 0 Å². The highest BCUT2D eigenvalue weighted by atomic mass is 16.6. The fourth-order valence-corrected chi connectivity index (χ4v) is 3.69. The molecule has 0 aliphatic carbocycles. The van der Waals surface area contributed by atoms with Gasteiger partial charge >= 0.3 is 12.1 Å². The van der Waals surface area contributed by atoms with Gasteiger partial charge < -0.3 is 9.47 Å². The first-order chi connectivity index (χ1) is 14.6. The summed E-state index contributed by atoms with van der Waals surface area (Å²) in [6, 6.07) is 0. The van der Waals surface area contributed by atoms with E-state index in [1.54, 1.807) is 27.7 Å². The van der Waals surface area contributed by atoms with Gasteiger partial charge in [-0.2, -0.15) is 0 Å². The first-order valence-corrected chi connectivity index (χ1v) is 10.8. The van der Waals surface area contributed by atoms with E-state index in [2.05, 4.69) is 4.98 Å². The van der Waals surface area contributed by atoms with Gasteiger partial charge in [-0.05, 0) is 50.7 Å². The maximum atomic E-state index is 12.7. The topological polar surface area (TPSA) is 105 Å². The normalized spacial score (nSPS) is 30.7. The second kappa shape index (κ2) is 11.0. The van der Waals surface area contributed by atoms with Crippen molar-refractivity contribution in [1.29, 1.82) is 0 Å². The molecule has 1 aromatic rings. The van der Waals surface area contributed by atoms with E-state index >= 15 is 0 Å². The Bertz CT molecular complexity index is 829. The predicted octanol–water partition coefficient (Wildman–Crippen LogP) is 3.73. The monoisotopic (exact) mass is 432 g/mol. The maximum absolute atomic E-state index is 12.7. The number of hydrogen-bond donors (Lipinski definition) is 0. The van der Waals surface area contributed by atoms with Gasteiger partial charge in [-0.1, -0.05) is 20.8 Å². The lowest BCUT2D eigenvalue weighted by molar-refractivity contribution is -0.161. The van der Waals surface area contributed by atoms with Crippen molar-refractivity contribution in [2.24, 2.45) is 17.8 Å². The van der Waals surface area contributed by atoms with Crippen LogP contribution in [0.25, 0.3) is 0 Å². The molecule has 0 amide bonds. The summed E-state index contributed by atoms with van der Waals surface area (Å²) in [5.41, 5.74) is 0.444. The molecule has 0 fully saturated rings. The second-order valence-electron chi connectivity index (χ2n) is 8.38. The molecule has 1 aromatic heterocycles. The van der Waals surface area contributed by atoms with Crippen molar-refractivity contribution >= 4 is 23.6 Å². The van der Waals surface area contributed by atoms with Crippen LogP contribution >= 0.6 is 0 Å². The summed E-state index contributed by atoms with van der Waals surface area (Å²) in [4.78, 5) is 54.4. The third kappa shape index (κ3) is 6.60. The Morgan fingerprint density at radius 2 is 1.97 bits per heavy atom. The number of cyclic esters (lactones) is 1. The van der Waals surface area contributed by atoms with Crippen molar-refractivity contribution in [1.82, 2.24) is 9.55 Å². The van der Waals surface area contributed by atoms with Gasteiger partial charge in [0.05, 0.1) is 0 Å². The zero-order chi connectivity index (χ0) is 23.1. The molecule has 5 atom stereocenters. The molecule has 1 aliphatic rings. The Balaban J connectivity index is 2.37. The largest absolute Gasteiger partial charge is 0.458 e. The number of aromatic nitrogens is 2. The summed E-state index contributed by atoms with van der Waals surface area (Å²) >= 11 is 0. The fourth-order valence-electron chi connectivity index (χ4n) is 3.69. The molecule has 0 bridgehead atoms. The Labute approximate surface area is 183 Å². The smallest absolute Gasteiger partial charge is 0.419 e. The van der Waals surface area contributed by atoms with Crippen LogP contribution in [-0.2, 0) is 23.9 Å². The van der Waals surface area contributed by atoms with E-state index in [4.69, 9.17) is 9.47 Å². The lowest BCUT2D eigenvalue weighted by Gasteiger charge is -2.27. The lowest BCUT2D eigenvalue weighted by atomic mass is 9.85. The third-order valence-corrected chi connectivity index (χ3v) is 5.73. The SMILES string of the molecule is CC[C@H]1OC(=O)[C@H](C)C(=O)[C@H](C)C[C@@H](C)CCC(=O)/C(C)=C/[C@@H]1OC(=O)n1ccnc1. The van der Waals surface area contributed by atoms with E-state index in [-0.39, 0.29) is 23.4 Å². The van der Waals surface area contributed by atoms with Crippen LogP contribution in [-0.4, -0.2) is 45.4 Å². The van der Waals surface area contributed by atoms with Crippen LogP contribution in [0.3, 0.4) is 0 Å². The Morgan fingerprint density at radius 1 is 1.26 bits per heavy atom. The molecule has 0 radical (unpaired) electrons. The average Bonchev–Trinajstić information content (AvgIpc) is 3.28. The van der Waals surface area contributed by atoms with Crippen LogP contribution in [0.1, 0.15) is 60.3 Å². The number of allylic oxidation sites excluding steroid dienone is 1. The van der Waals surface area contributed by atoms with Crippen LogP contribution in [0.2, 0.25) is 0 Å². The molecule has 2 rings (SSSR count). The van der Waals surface area contributed by atoms with Gasteiger partial charge in [0, 0.05) is 24.7 Å².